The van der Waals surface area contributed by atoms with Crippen LogP contribution >= 0.6 is 0 Å². The Labute approximate surface area is 184 Å². The number of hydrogen-bond acceptors (Lipinski definition) is 5. The highest BCUT2D eigenvalue weighted by molar-refractivity contribution is 5.92. The Morgan fingerprint density at radius 3 is 2.41 bits per heavy atom. The third kappa shape index (κ3) is 3.28. The monoisotopic (exact) mass is 426 g/mol. The van der Waals surface area contributed by atoms with E-state index in [9.17, 15) is 4.79 Å². The molecule has 0 unspecified atom stereocenters. The van der Waals surface area contributed by atoms with Gasteiger partial charge in [0.05, 0.1) is 5.52 Å². The van der Waals surface area contributed by atoms with Crippen LogP contribution in [0.1, 0.15) is 17.4 Å². The van der Waals surface area contributed by atoms with Gasteiger partial charge in [0.1, 0.15) is 22.8 Å². The largest absolute Gasteiger partial charge is 0.454 e. The number of pyridine rings is 1. The number of ether oxygens (including phenoxy) is 1. The lowest BCUT2D eigenvalue weighted by Crippen LogP contribution is -2.14. The van der Waals surface area contributed by atoms with Gasteiger partial charge in [-0.3, -0.25) is 9.36 Å². The van der Waals surface area contributed by atoms with Gasteiger partial charge in [-0.15, -0.1) is 0 Å². The molecule has 0 spiro atoms. The van der Waals surface area contributed by atoms with Crippen molar-refractivity contribution in [2.75, 3.05) is 0 Å². The molecule has 0 bridgehead atoms. The number of fused-ring (bicyclic) bond motifs is 1. The molecule has 7 nitrogen and oxygen atoms in total. The molecule has 3 aromatic heterocycles. The molecule has 0 saturated heterocycles. The number of imidazole rings is 1. The second-order valence-electron chi connectivity index (χ2n) is 7.71. The van der Waals surface area contributed by atoms with Crippen LogP contribution in [0.15, 0.2) is 70.0 Å². The number of hydrogen-bond donors (Lipinski definition) is 0. The summed E-state index contributed by atoms with van der Waals surface area (Å²) in [5, 5.41) is 0. The van der Waals surface area contributed by atoms with Crippen LogP contribution in [0, 0.1) is 20.8 Å². The van der Waals surface area contributed by atoms with Gasteiger partial charge in [0.15, 0.2) is 11.6 Å². The van der Waals surface area contributed by atoms with Crippen LogP contribution in [0.3, 0.4) is 0 Å². The molecule has 0 radical (unpaired) electrons. The summed E-state index contributed by atoms with van der Waals surface area (Å²) >= 11 is 0. The van der Waals surface area contributed by atoms with E-state index < -0.39 is 0 Å². The number of para-hydroxylation sites is 1. The zero-order valence-corrected chi connectivity index (χ0v) is 18.3. The Kier molecular flexibility index (Phi) is 4.66. The lowest BCUT2D eigenvalue weighted by Gasteiger charge is -2.13. The Hall–Kier alpha value is -4.13. The Morgan fingerprint density at radius 1 is 0.938 bits per heavy atom. The SMILES string of the molecule is Cc1nc(C)c(-n2c(C)nc3c(Oc4ccccc4)c(-c4ccc(=O)n(C)c4)ccc32)o1. The van der Waals surface area contributed by atoms with E-state index in [0.717, 1.165) is 28.2 Å². The van der Waals surface area contributed by atoms with E-state index in [1.165, 1.54) is 0 Å². The Bertz CT molecular complexity index is 1510. The van der Waals surface area contributed by atoms with Crippen LogP contribution in [0.2, 0.25) is 0 Å². The summed E-state index contributed by atoms with van der Waals surface area (Å²) in [7, 11) is 1.73. The van der Waals surface area contributed by atoms with E-state index in [-0.39, 0.29) is 5.56 Å². The zero-order chi connectivity index (χ0) is 22.4. The van der Waals surface area contributed by atoms with Crippen molar-refractivity contribution in [3.63, 3.8) is 0 Å². The summed E-state index contributed by atoms with van der Waals surface area (Å²) in [5.74, 6) is 3.31. The molecular weight excluding hydrogens is 404 g/mol. The molecule has 0 aliphatic rings. The number of rotatable bonds is 4. The molecule has 3 heterocycles. The lowest BCUT2D eigenvalue weighted by molar-refractivity contribution is 0.489. The van der Waals surface area contributed by atoms with Crippen molar-refractivity contribution < 1.29 is 9.15 Å². The standard InChI is InChI=1S/C25H22N4O3/c1-15-25(31-17(3)26-15)29-16(2)27-23-21(29)12-11-20(18-10-13-22(30)28(4)14-18)24(23)32-19-8-6-5-7-9-19/h5-14H,1-4H3. The third-order valence-electron chi connectivity index (χ3n) is 5.39. The molecule has 0 aliphatic carbocycles. The first kappa shape index (κ1) is 19.8. The zero-order valence-electron chi connectivity index (χ0n) is 18.3. The summed E-state index contributed by atoms with van der Waals surface area (Å²) in [6, 6.07) is 16.9. The molecule has 0 aliphatic heterocycles. The number of benzene rings is 2. The summed E-state index contributed by atoms with van der Waals surface area (Å²) in [5.41, 5.74) is 3.97. The van der Waals surface area contributed by atoms with E-state index in [2.05, 4.69) is 4.98 Å². The van der Waals surface area contributed by atoms with E-state index in [1.807, 2.05) is 67.8 Å². The molecule has 160 valence electrons. The second-order valence-corrected chi connectivity index (χ2v) is 7.71. The first-order valence-corrected chi connectivity index (χ1v) is 10.3. The van der Waals surface area contributed by atoms with Gasteiger partial charge in [0.25, 0.3) is 0 Å². The van der Waals surface area contributed by atoms with Crippen LogP contribution in [-0.4, -0.2) is 19.1 Å². The van der Waals surface area contributed by atoms with Crippen molar-refractivity contribution in [3.05, 3.63) is 88.6 Å². The summed E-state index contributed by atoms with van der Waals surface area (Å²) in [6.45, 7) is 5.67. The topological polar surface area (TPSA) is 75.1 Å². The molecule has 5 aromatic rings. The van der Waals surface area contributed by atoms with Crippen molar-refractivity contribution in [1.82, 2.24) is 19.1 Å². The predicted octanol–water partition coefficient (Wildman–Crippen LogP) is 5.10. The number of aryl methyl sites for hydroxylation is 4. The molecule has 2 aromatic carbocycles. The minimum Gasteiger partial charge on any atom is -0.454 e. The molecule has 32 heavy (non-hydrogen) atoms. The van der Waals surface area contributed by atoms with Crippen molar-refractivity contribution >= 4 is 11.0 Å². The normalized spacial score (nSPS) is 11.2. The van der Waals surface area contributed by atoms with Gasteiger partial charge in [-0.25, -0.2) is 9.97 Å². The molecule has 0 fully saturated rings. The summed E-state index contributed by atoms with van der Waals surface area (Å²) in [4.78, 5) is 21.2. The summed E-state index contributed by atoms with van der Waals surface area (Å²) in [6.07, 6.45) is 1.80. The lowest BCUT2D eigenvalue weighted by atomic mass is 10.1. The van der Waals surface area contributed by atoms with E-state index in [4.69, 9.17) is 14.1 Å². The molecule has 0 atom stereocenters. The third-order valence-corrected chi connectivity index (χ3v) is 5.39. The van der Waals surface area contributed by atoms with Gasteiger partial charge >= 0.3 is 0 Å². The predicted molar refractivity (Wildman–Crippen MR) is 123 cm³/mol. The maximum absolute atomic E-state index is 11.9. The van der Waals surface area contributed by atoms with E-state index in [0.29, 0.717) is 28.8 Å². The molecule has 0 amide bonds. The minimum absolute atomic E-state index is 0.0726. The molecular formula is C25H22N4O3. The minimum atomic E-state index is -0.0726. The van der Waals surface area contributed by atoms with Gasteiger partial charge in [-0.1, -0.05) is 18.2 Å². The molecule has 5 rings (SSSR count). The van der Waals surface area contributed by atoms with E-state index >= 15 is 0 Å². The van der Waals surface area contributed by atoms with Gasteiger partial charge in [-0.2, -0.15) is 0 Å². The smallest absolute Gasteiger partial charge is 0.250 e. The summed E-state index contributed by atoms with van der Waals surface area (Å²) < 4.78 is 15.8. The average Bonchev–Trinajstić information content (AvgIpc) is 3.28. The first-order chi connectivity index (χ1) is 15.4. The quantitative estimate of drug-likeness (QED) is 0.400. The fourth-order valence-corrected chi connectivity index (χ4v) is 3.91. The fraction of sp³-hybridized carbons (Fsp3) is 0.160. The Balaban J connectivity index is 1.79. The van der Waals surface area contributed by atoms with Crippen molar-refractivity contribution in [3.8, 4) is 28.5 Å². The number of oxazole rings is 1. The first-order valence-electron chi connectivity index (χ1n) is 10.3. The van der Waals surface area contributed by atoms with Crippen LogP contribution < -0.4 is 10.3 Å². The maximum Gasteiger partial charge on any atom is 0.250 e. The average molecular weight is 426 g/mol. The highest BCUT2D eigenvalue weighted by Crippen LogP contribution is 2.40. The van der Waals surface area contributed by atoms with Crippen molar-refractivity contribution in [2.45, 2.75) is 20.8 Å². The van der Waals surface area contributed by atoms with E-state index in [1.54, 1.807) is 29.9 Å². The highest BCUT2D eigenvalue weighted by atomic mass is 16.5. The second kappa shape index (κ2) is 7.53. The van der Waals surface area contributed by atoms with Gasteiger partial charge in [0, 0.05) is 37.4 Å². The molecule has 7 heteroatoms. The van der Waals surface area contributed by atoms with Crippen LogP contribution in [0.25, 0.3) is 28.0 Å². The number of aromatic nitrogens is 4. The van der Waals surface area contributed by atoms with Gasteiger partial charge < -0.3 is 13.7 Å². The maximum atomic E-state index is 11.9. The fourth-order valence-electron chi connectivity index (χ4n) is 3.91. The highest BCUT2D eigenvalue weighted by Gasteiger charge is 2.22. The number of nitrogens with zero attached hydrogens (tertiary/aromatic N) is 4. The Morgan fingerprint density at radius 2 is 1.72 bits per heavy atom. The molecule has 0 saturated carbocycles. The van der Waals surface area contributed by atoms with Crippen LogP contribution in [0.5, 0.6) is 11.5 Å². The van der Waals surface area contributed by atoms with Gasteiger partial charge in [0.2, 0.25) is 11.4 Å². The molecule has 0 N–H and O–H groups in total. The van der Waals surface area contributed by atoms with Crippen molar-refractivity contribution in [2.24, 2.45) is 7.05 Å². The van der Waals surface area contributed by atoms with Crippen LogP contribution in [-0.2, 0) is 7.05 Å². The van der Waals surface area contributed by atoms with Crippen LogP contribution in [0.4, 0.5) is 0 Å². The van der Waals surface area contributed by atoms with Gasteiger partial charge in [-0.05, 0) is 44.2 Å². The van der Waals surface area contributed by atoms with Crippen molar-refractivity contribution in [1.29, 1.82) is 0 Å².